The van der Waals surface area contributed by atoms with Crippen LogP contribution in [0, 0.1) is 43.3 Å². The molecular formula is C102H220N8O22. The minimum absolute atomic E-state index is 0. The molecule has 0 aromatic heterocycles. The lowest BCUT2D eigenvalue weighted by molar-refractivity contribution is -0.147. The standard InChI is InChI=1S/C29H58N2O6.C25H50N2O6.C22H48N2O6.C22H48N2O4.4CH4/c1-28(2,3)14-11-20-36-26(32)12-7-9-16-30-18-22-34-24-25-35-23-19-31-17-10-8-13-27(33)37-21-15-29(4,5)6;1-24(2,3)20-32-22(28)10-7-8-12-26-14-16-30-18-19-31-17-15-27-13-9-11-23(29)33-21-25(4,5)6;1-21(2,3)17-29-15-19(25)13-23-7-9-27-11-12-28-10-8-24-14-20(26)16-30-18-22(4,5)6;1-21(2,3)19-27-13-7-9-23-11-15-25-17-18-26-16-12-24-10-8-14-28-20-22(4,5)6;;;;/h30-31H,7-25H2,1-6H3;26-27H,7-21H2,1-6H3;19-20,23-26H,7-18H2,1-6H3;23-24H,7-20H2,1-6H3;4*1H4. The molecule has 0 heterocycles. The Bertz CT molecular complexity index is 2300. The summed E-state index contributed by atoms with van der Waals surface area (Å²) in [5.41, 5.74) is 1.24. The van der Waals surface area contributed by atoms with E-state index in [2.05, 4.69) is 188 Å². The Morgan fingerprint density at radius 3 is 0.697 bits per heavy atom. The molecule has 0 aromatic carbocycles. The summed E-state index contributed by atoms with van der Waals surface area (Å²) in [4.78, 5) is 46.6. The predicted octanol–water partition coefficient (Wildman–Crippen LogP) is 14.9. The maximum absolute atomic E-state index is 11.7. The van der Waals surface area contributed by atoms with Crippen LogP contribution in [-0.4, -0.2) is 336 Å². The van der Waals surface area contributed by atoms with E-state index in [1.165, 1.54) is 0 Å². The molecule has 800 valence electrons. The SMILES string of the molecule is C.C.C.C.CC(C)(C)CCCOC(=O)CCCCNCCOCCOCCNCCCCC(=O)OCCC(C)(C)C.CC(C)(C)COC(=O)CCCCNCCOCCOCCNCCCC(=O)OCC(C)(C)C.CC(C)(C)COCC(O)CNCCOCCOCCNCC(O)COCC(C)(C)C.CC(C)(C)COCCCNCCOCCOCCNCCCOCC(C)(C)C. The first kappa shape index (κ1) is 144. The zero-order valence-electron chi connectivity index (χ0n) is 86.6. The Morgan fingerprint density at radius 2 is 0.432 bits per heavy atom. The van der Waals surface area contributed by atoms with Gasteiger partial charge in [0.15, 0.2) is 0 Å². The van der Waals surface area contributed by atoms with Gasteiger partial charge in [-0.05, 0) is 160 Å². The average Bonchev–Trinajstić information content (AvgIpc) is 0.989. The average molecular weight is 1910 g/mol. The molecule has 0 rings (SSSR count). The molecule has 30 heteroatoms. The first-order valence-electron chi connectivity index (χ1n) is 48.8. The van der Waals surface area contributed by atoms with E-state index in [4.69, 9.17) is 75.8 Å². The van der Waals surface area contributed by atoms with Gasteiger partial charge in [-0.2, -0.15) is 0 Å². The molecule has 0 spiro atoms. The van der Waals surface area contributed by atoms with Crippen molar-refractivity contribution in [2.75, 3.05) is 290 Å². The second-order valence-corrected chi connectivity index (χ2v) is 42.5. The van der Waals surface area contributed by atoms with Crippen LogP contribution in [0.25, 0.3) is 0 Å². The fourth-order valence-electron chi connectivity index (χ4n) is 10.3. The first-order valence-corrected chi connectivity index (χ1v) is 48.8. The number of unbranched alkanes of at least 4 members (excludes halogenated alkanes) is 3. The topological polar surface area (TPSA) is 353 Å². The Hall–Kier alpha value is -3.00. The van der Waals surface area contributed by atoms with Gasteiger partial charge >= 0.3 is 23.9 Å². The summed E-state index contributed by atoms with van der Waals surface area (Å²) >= 11 is 0. The fraction of sp³-hybridized carbons (Fsp3) is 0.961. The van der Waals surface area contributed by atoms with E-state index in [1.54, 1.807) is 0 Å². The van der Waals surface area contributed by atoms with Gasteiger partial charge in [-0.1, -0.05) is 196 Å². The van der Waals surface area contributed by atoms with Crippen molar-refractivity contribution in [1.29, 1.82) is 0 Å². The minimum Gasteiger partial charge on any atom is -0.466 e. The summed E-state index contributed by atoms with van der Waals surface area (Å²) in [6.45, 7) is 80.6. The van der Waals surface area contributed by atoms with Gasteiger partial charge in [0.25, 0.3) is 0 Å². The van der Waals surface area contributed by atoms with Gasteiger partial charge < -0.3 is 129 Å². The molecule has 0 aliphatic rings. The number of carbonyl (C=O) groups is 4. The highest BCUT2D eigenvalue weighted by molar-refractivity contribution is 5.70. The second-order valence-electron chi connectivity index (χ2n) is 42.5. The molecule has 0 saturated carbocycles. The highest BCUT2D eigenvalue weighted by Crippen LogP contribution is 2.22. The third-order valence-electron chi connectivity index (χ3n) is 17.1. The zero-order valence-corrected chi connectivity index (χ0v) is 86.6. The van der Waals surface area contributed by atoms with E-state index in [9.17, 15) is 29.4 Å². The molecule has 0 aliphatic heterocycles. The van der Waals surface area contributed by atoms with Crippen LogP contribution in [0.4, 0.5) is 0 Å². The Balaban J connectivity index is -0.000000258. The molecule has 0 fully saturated rings. The van der Waals surface area contributed by atoms with Crippen LogP contribution in [0.2, 0.25) is 0 Å². The summed E-state index contributed by atoms with van der Waals surface area (Å²) in [7, 11) is 0. The molecule has 30 nitrogen and oxygen atoms in total. The third kappa shape index (κ3) is 142. The predicted molar refractivity (Wildman–Crippen MR) is 545 cm³/mol. The van der Waals surface area contributed by atoms with Crippen molar-refractivity contribution in [2.45, 2.75) is 311 Å². The van der Waals surface area contributed by atoms with Crippen LogP contribution in [0.5, 0.6) is 0 Å². The first-order chi connectivity index (χ1) is 60.2. The third-order valence-corrected chi connectivity index (χ3v) is 17.1. The monoisotopic (exact) mass is 1910 g/mol. The van der Waals surface area contributed by atoms with Gasteiger partial charge in [0.1, 0.15) is 0 Å². The van der Waals surface area contributed by atoms with E-state index in [0.717, 1.165) is 195 Å². The number of carbonyl (C=O) groups excluding carboxylic acids is 4. The molecule has 0 radical (unpaired) electrons. The highest BCUT2D eigenvalue weighted by atomic mass is 16.6. The summed E-state index contributed by atoms with van der Waals surface area (Å²) in [6, 6.07) is 0. The fourth-order valence-corrected chi connectivity index (χ4v) is 10.3. The summed E-state index contributed by atoms with van der Waals surface area (Å²) < 4.78 is 87.5. The van der Waals surface area contributed by atoms with Crippen LogP contribution in [-0.2, 0) is 95.0 Å². The van der Waals surface area contributed by atoms with Gasteiger partial charge in [-0.25, -0.2) is 0 Å². The van der Waals surface area contributed by atoms with Crippen LogP contribution in [0.1, 0.15) is 299 Å². The van der Waals surface area contributed by atoms with Crippen LogP contribution < -0.4 is 42.5 Å². The Labute approximate surface area is 811 Å². The molecule has 0 amide bonds. The van der Waals surface area contributed by atoms with Gasteiger partial charge in [-0.15, -0.1) is 0 Å². The highest BCUT2D eigenvalue weighted by Gasteiger charge is 2.19. The summed E-state index contributed by atoms with van der Waals surface area (Å²) in [5, 5.41) is 45.9. The van der Waals surface area contributed by atoms with Gasteiger partial charge in [0, 0.05) is 104 Å². The number of aliphatic hydroxyl groups is 2. The molecule has 0 bridgehead atoms. The normalized spacial score (nSPS) is 12.4. The number of hydrogen-bond acceptors (Lipinski definition) is 30. The molecule has 10 N–H and O–H groups in total. The lowest BCUT2D eigenvalue weighted by Gasteiger charge is -2.20. The van der Waals surface area contributed by atoms with Crippen molar-refractivity contribution in [3.05, 3.63) is 0 Å². The Morgan fingerprint density at radius 1 is 0.205 bits per heavy atom. The van der Waals surface area contributed by atoms with E-state index >= 15 is 0 Å². The lowest BCUT2D eigenvalue weighted by atomic mass is 9.91. The van der Waals surface area contributed by atoms with E-state index < -0.39 is 12.2 Å². The number of nitrogens with one attached hydrogen (secondary N) is 8. The number of rotatable bonds is 82. The molecular weight excluding hydrogens is 1690 g/mol. The molecule has 0 aliphatic carbocycles. The van der Waals surface area contributed by atoms with Crippen LogP contribution >= 0.6 is 0 Å². The molecule has 2 unspecified atom stereocenters. The van der Waals surface area contributed by atoms with Crippen molar-refractivity contribution in [3.8, 4) is 0 Å². The van der Waals surface area contributed by atoms with Crippen molar-refractivity contribution in [2.24, 2.45) is 43.3 Å². The van der Waals surface area contributed by atoms with E-state index in [1.807, 2.05) is 20.8 Å². The van der Waals surface area contributed by atoms with Crippen LogP contribution in [0.15, 0.2) is 0 Å². The number of esters is 4. The smallest absolute Gasteiger partial charge is 0.305 e. The molecule has 2 atom stereocenters. The number of ether oxygens (including phenoxy) is 16. The van der Waals surface area contributed by atoms with Crippen molar-refractivity contribution >= 4 is 23.9 Å². The van der Waals surface area contributed by atoms with Crippen molar-refractivity contribution in [1.82, 2.24) is 42.5 Å². The van der Waals surface area contributed by atoms with E-state index in [0.29, 0.717) is 203 Å². The second kappa shape index (κ2) is 95.5. The maximum atomic E-state index is 11.7. The van der Waals surface area contributed by atoms with Crippen LogP contribution in [0.3, 0.4) is 0 Å². The molecule has 132 heavy (non-hydrogen) atoms. The number of aliphatic hydroxyl groups excluding tert-OH is 2. The maximum Gasteiger partial charge on any atom is 0.305 e. The Kier molecular flexibility index (Phi) is 104. The van der Waals surface area contributed by atoms with Gasteiger partial charge in [0.2, 0.25) is 0 Å². The molecule has 0 saturated heterocycles. The van der Waals surface area contributed by atoms with Crippen molar-refractivity contribution < 1.29 is 105 Å². The minimum atomic E-state index is -0.508. The largest absolute Gasteiger partial charge is 0.466 e. The zero-order chi connectivity index (χ0) is 96.9. The van der Waals surface area contributed by atoms with Crippen molar-refractivity contribution in [3.63, 3.8) is 0 Å². The summed E-state index contributed by atoms with van der Waals surface area (Å²) in [5.74, 6) is -0.426. The van der Waals surface area contributed by atoms with E-state index in [-0.39, 0.29) is 91.5 Å². The quantitative estimate of drug-likeness (QED) is 0.0154. The summed E-state index contributed by atoms with van der Waals surface area (Å²) in [6.07, 6.45) is 12.0. The van der Waals surface area contributed by atoms with Gasteiger partial charge in [-0.3, -0.25) is 19.2 Å². The molecule has 0 aromatic rings. The van der Waals surface area contributed by atoms with Gasteiger partial charge in [0.05, 0.1) is 184 Å². The number of hydrogen-bond donors (Lipinski definition) is 10. The lowest BCUT2D eigenvalue weighted by Crippen LogP contribution is -2.33.